The molecule has 3 nitrogen and oxygen atoms in total. The lowest BCUT2D eigenvalue weighted by atomic mass is 9.94. The Morgan fingerprint density at radius 2 is 1.83 bits per heavy atom. The Labute approximate surface area is 112 Å². The van der Waals surface area contributed by atoms with E-state index >= 15 is 0 Å². The monoisotopic (exact) mass is 254 g/mol. The van der Waals surface area contributed by atoms with Crippen molar-refractivity contribution in [3.8, 4) is 0 Å². The fraction of sp³-hybridized carbons (Fsp3) is 1.00. The van der Waals surface area contributed by atoms with Crippen LogP contribution < -0.4 is 0 Å². The van der Waals surface area contributed by atoms with Crippen LogP contribution in [-0.4, -0.2) is 60.3 Å². The molecule has 18 heavy (non-hydrogen) atoms. The van der Waals surface area contributed by atoms with E-state index in [9.17, 15) is 5.11 Å². The summed E-state index contributed by atoms with van der Waals surface area (Å²) in [5, 5.41) is 9.29. The molecule has 0 saturated carbocycles. The predicted octanol–water partition coefficient (Wildman–Crippen LogP) is 1.96. The molecule has 0 aromatic carbocycles. The minimum atomic E-state index is 0.370. The van der Waals surface area contributed by atoms with E-state index in [0.717, 1.165) is 6.54 Å². The van der Waals surface area contributed by atoms with Crippen LogP contribution >= 0.6 is 0 Å². The van der Waals surface area contributed by atoms with Crippen molar-refractivity contribution < 1.29 is 5.11 Å². The van der Waals surface area contributed by atoms with Gasteiger partial charge in [-0.25, -0.2) is 0 Å². The van der Waals surface area contributed by atoms with Gasteiger partial charge in [-0.2, -0.15) is 0 Å². The summed E-state index contributed by atoms with van der Waals surface area (Å²) in [6.45, 7) is 8.94. The maximum Gasteiger partial charge on any atom is 0.0471 e. The van der Waals surface area contributed by atoms with E-state index in [1.54, 1.807) is 0 Å². The summed E-state index contributed by atoms with van der Waals surface area (Å²) in [5.74, 6) is 0.524. The zero-order chi connectivity index (χ0) is 12.8. The Morgan fingerprint density at radius 1 is 1.06 bits per heavy atom. The molecule has 2 heterocycles. The van der Waals surface area contributed by atoms with Gasteiger partial charge in [0.05, 0.1) is 0 Å². The minimum absolute atomic E-state index is 0.370. The van der Waals surface area contributed by atoms with Gasteiger partial charge in [-0.3, -0.25) is 0 Å². The van der Waals surface area contributed by atoms with E-state index in [4.69, 9.17) is 0 Å². The number of hydrogen-bond acceptors (Lipinski definition) is 3. The normalized spacial score (nSPS) is 31.7. The predicted molar refractivity (Wildman–Crippen MR) is 75.8 cm³/mol. The van der Waals surface area contributed by atoms with Crippen molar-refractivity contribution in [3.63, 3.8) is 0 Å². The number of piperidine rings is 2. The van der Waals surface area contributed by atoms with E-state index in [2.05, 4.69) is 16.7 Å². The Morgan fingerprint density at radius 3 is 2.56 bits per heavy atom. The standard InChI is InChI=1S/C15H30N2O/c1-14-6-7-15(13-18)12-17(14)11-5-10-16-8-3-2-4-9-16/h14-15,18H,2-13H2,1H3. The van der Waals surface area contributed by atoms with E-state index in [1.165, 1.54) is 64.7 Å². The molecule has 0 aromatic heterocycles. The number of hydrogen-bond donors (Lipinski definition) is 1. The molecular formula is C15H30N2O. The molecule has 1 N–H and O–H groups in total. The summed E-state index contributed by atoms with van der Waals surface area (Å²) >= 11 is 0. The first-order chi connectivity index (χ1) is 8.79. The number of nitrogens with zero attached hydrogens (tertiary/aromatic N) is 2. The van der Waals surface area contributed by atoms with E-state index in [-0.39, 0.29) is 0 Å². The maximum atomic E-state index is 9.29. The van der Waals surface area contributed by atoms with Gasteiger partial charge >= 0.3 is 0 Å². The van der Waals surface area contributed by atoms with Crippen molar-refractivity contribution in [2.24, 2.45) is 5.92 Å². The second kappa shape index (κ2) is 7.46. The zero-order valence-electron chi connectivity index (χ0n) is 12.0. The summed E-state index contributed by atoms with van der Waals surface area (Å²) in [4.78, 5) is 5.22. The molecular weight excluding hydrogens is 224 g/mol. The Balaban J connectivity index is 1.64. The van der Waals surface area contributed by atoms with Crippen LogP contribution in [0.1, 0.15) is 45.4 Å². The van der Waals surface area contributed by atoms with Crippen molar-refractivity contribution in [1.82, 2.24) is 9.80 Å². The molecule has 0 aromatic rings. The average Bonchev–Trinajstić information content (AvgIpc) is 2.42. The molecule has 0 spiro atoms. The second-order valence-corrected chi connectivity index (χ2v) is 6.23. The highest BCUT2D eigenvalue weighted by atomic mass is 16.3. The Kier molecular flexibility index (Phi) is 5.93. The molecule has 2 rings (SSSR count). The van der Waals surface area contributed by atoms with Crippen molar-refractivity contribution in [2.45, 2.75) is 51.5 Å². The molecule has 0 amide bonds. The molecule has 2 aliphatic heterocycles. The van der Waals surface area contributed by atoms with Crippen LogP contribution in [0.3, 0.4) is 0 Å². The summed E-state index contributed by atoms with van der Waals surface area (Å²) in [6.07, 6.45) is 7.98. The van der Waals surface area contributed by atoms with E-state index in [0.29, 0.717) is 18.6 Å². The van der Waals surface area contributed by atoms with E-state index < -0.39 is 0 Å². The lowest BCUT2D eigenvalue weighted by Crippen LogP contribution is -2.44. The van der Waals surface area contributed by atoms with Gasteiger partial charge in [-0.15, -0.1) is 0 Å². The molecule has 2 atom stereocenters. The first-order valence-corrected chi connectivity index (χ1v) is 7.87. The molecule has 3 heteroatoms. The number of likely N-dealkylation sites (tertiary alicyclic amines) is 2. The molecule has 106 valence electrons. The third-order valence-electron chi connectivity index (χ3n) is 4.74. The number of aliphatic hydroxyl groups is 1. The van der Waals surface area contributed by atoms with Gasteiger partial charge in [0.25, 0.3) is 0 Å². The molecule has 2 unspecified atom stereocenters. The topological polar surface area (TPSA) is 26.7 Å². The molecule has 2 saturated heterocycles. The van der Waals surface area contributed by atoms with Gasteiger partial charge in [-0.05, 0) is 71.1 Å². The Hall–Kier alpha value is -0.120. The fourth-order valence-corrected chi connectivity index (χ4v) is 3.40. The van der Waals surface area contributed by atoms with Crippen LogP contribution in [0.5, 0.6) is 0 Å². The van der Waals surface area contributed by atoms with Gasteiger partial charge in [0.2, 0.25) is 0 Å². The van der Waals surface area contributed by atoms with Crippen LogP contribution in [0.15, 0.2) is 0 Å². The van der Waals surface area contributed by atoms with Crippen LogP contribution in [0.2, 0.25) is 0 Å². The van der Waals surface area contributed by atoms with Gasteiger partial charge in [0.15, 0.2) is 0 Å². The quantitative estimate of drug-likeness (QED) is 0.812. The van der Waals surface area contributed by atoms with Crippen molar-refractivity contribution >= 4 is 0 Å². The largest absolute Gasteiger partial charge is 0.396 e. The van der Waals surface area contributed by atoms with Crippen molar-refractivity contribution in [2.75, 3.05) is 39.3 Å². The highest BCUT2D eigenvalue weighted by molar-refractivity contribution is 4.79. The van der Waals surface area contributed by atoms with Crippen LogP contribution in [0.25, 0.3) is 0 Å². The zero-order valence-corrected chi connectivity index (χ0v) is 12.0. The second-order valence-electron chi connectivity index (χ2n) is 6.23. The summed E-state index contributed by atoms with van der Waals surface area (Å²) in [7, 11) is 0. The third-order valence-corrected chi connectivity index (χ3v) is 4.74. The van der Waals surface area contributed by atoms with Gasteiger partial charge < -0.3 is 14.9 Å². The highest BCUT2D eigenvalue weighted by Crippen LogP contribution is 2.21. The number of rotatable bonds is 5. The van der Waals surface area contributed by atoms with Crippen LogP contribution in [-0.2, 0) is 0 Å². The van der Waals surface area contributed by atoms with E-state index in [1.807, 2.05) is 0 Å². The SMILES string of the molecule is CC1CCC(CO)CN1CCCN1CCCCC1. The van der Waals surface area contributed by atoms with Crippen molar-refractivity contribution in [3.05, 3.63) is 0 Å². The maximum absolute atomic E-state index is 9.29. The first kappa shape index (κ1) is 14.3. The molecule has 0 bridgehead atoms. The van der Waals surface area contributed by atoms with Gasteiger partial charge in [0.1, 0.15) is 0 Å². The van der Waals surface area contributed by atoms with Crippen molar-refractivity contribution in [1.29, 1.82) is 0 Å². The fourth-order valence-electron chi connectivity index (χ4n) is 3.40. The summed E-state index contributed by atoms with van der Waals surface area (Å²) in [5.41, 5.74) is 0. The highest BCUT2D eigenvalue weighted by Gasteiger charge is 2.24. The lowest BCUT2D eigenvalue weighted by Gasteiger charge is -2.38. The summed E-state index contributed by atoms with van der Waals surface area (Å²) in [6, 6.07) is 0.717. The van der Waals surface area contributed by atoms with Gasteiger partial charge in [0, 0.05) is 19.2 Å². The first-order valence-electron chi connectivity index (χ1n) is 7.87. The molecule has 0 radical (unpaired) electrons. The lowest BCUT2D eigenvalue weighted by molar-refractivity contribution is 0.0781. The number of aliphatic hydroxyl groups excluding tert-OH is 1. The average molecular weight is 254 g/mol. The molecule has 2 aliphatic rings. The molecule has 0 aliphatic carbocycles. The molecule has 2 fully saturated rings. The Bertz CT molecular complexity index is 229. The minimum Gasteiger partial charge on any atom is -0.396 e. The summed E-state index contributed by atoms with van der Waals surface area (Å²) < 4.78 is 0. The third kappa shape index (κ3) is 4.22. The smallest absolute Gasteiger partial charge is 0.0471 e. The van der Waals surface area contributed by atoms with Gasteiger partial charge in [-0.1, -0.05) is 6.42 Å². The van der Waals surface area contributed by atoms with Crippen LogP contribution in [0.4, 0.5) is 0 Å². The van der Waals surface area contributed by atoms with Crippen LogP contribution in [0, 0.1) is 5.92 Å².